The highest BCUT2D eigenvalue weighted by atomic mass is 16.2. The van der Waals surface area contributed by atoms with E-state index in [1.54, 1.807) is 0 Å². The number of rotatable bonds is 2. The second-order valence-electron chi connectivity index (χ2n) is 6.43. The number of amides is 1. The molecule has 2 atom stereocenters. The van der Waals surface area contributed by atoms with Crippen LogP contribution in [-0.2, 0) is 4.79 Å². The Morgan fingerprint density at radius 3 is 2.47 bits per heavy atom. The zero-order chi connectivity index (χ0) is 13.3. The molecule has 2 fully saturated rings. The first-order valence-corrected chi connectivity index (χ1v) is 7.54. The van der Waals surface area contributed by atoms with E-state index in [1.807, 2.05) is 6.07 Å². The first-order chi connectivity index (χ1) is 9.20. The van der Waals surface area contributed by atoms with Crippen molar-refractivity contribution >= 4 is 5.91 Å². The van der Waals surface area contributed by atoms with Gasteiger partial charge in [0.05, 0.1) is 6.04 Å². The molecule has 1 aromatic rings. The van der Waals surface area contributed by atoms with Crippen molar-refractivity contribution in [3.8, 4) is 0 Å². The molecule has 0 aromatic heterocycles. The predicted octanol–water partition coefficient (Wildman–Crippen LogP) is 3.83. The molecule has 0 spiro atoms. The van der Waals surface area contributed by atoms with Crippen molar-refractivity contribution in [3.63, 3.8) is 0 Å². The lowest BCUT2D eigenvalue weighted by Crippen LogP contribution is -2.34. The highest BCUT2D eigenvalue weighted by Crippen LogP contribution is 2.51. The van der Waals surface area contributed by atoms with Gasteiger partial charge >= 0.3 is 0 Å². The number of hydrogen-bond acceptors (Lipinski definition) is 1. The van der Waals surface area contributed by atoms with Gasteiger partial charge in [0.1, 0.15) is 0 Å². The number of hydrogen-bond donors (Lipinski definition) is 1. The molecule has 1 aliphatic heterocycles. The molecule has 3 rings (SSSR count). The van der Waals surface area contributed by atoms with Crippen molar-refractivity contribution in [2.45, 2.75) is 51.5 Å². The van der Waals surface area contributed by atoms with Gasteiger partial charge in [0.15, 0.2) is 0 Å². The lowest BCUT2D eigenvalue weighted by Gasteiger charge is -2.40. The number of nitrogens with one attached hydrogen (secondary N) is 1. The standard InChI is InChI=1S/C17H23NO/c1-17(14-10-6-3-7-11-14)12-15(19)18-16(17)13-8-4-2-5-9-13/h2,4-5,8-9,14,16H,3,6-7,10-12H2,1H3,(H,18,19). The van der Waals surface area contributed by atoms with Crippen molar-refractivity contribution in [2.75, 3.05) is 0 Å². The highest BCUT2D eigenvalue weighted by Gasteiger charge is 2.48. The van der Waals surface area contributed by atoms with E-state index in [4.69, 9.17) is 0 Å². The Balaban J connectivity index is 1.91. The Bertz CT molecular complexity index is 450. The normalized spacial score (nSPS) is 32.3. The highest BCUT2D eigenvalue weighted by molar-refractivity contribution is 5.80. The molecule has 2 unspecified atom stereocenters. The summed E-state index contributed by atoms with van der Waals surface area (Å²) in [5.74, 6) is 0.910. The molecule has 1 amide bonds. The average Bonchev–Trinajstić information content (AvgIpc) is 2.77. The quantitative estimate of drug-likeness (QED) is 0.857. The average molecular weight is 257 g/mol. The van der Waals surface area contributed by atoms with Gasteiger partial charge in [-0.2, -0.15) is 0 Å². The summed E-state index contributed by atoms with van der Waals surface area (Å²) in [6.07, 6.45) is 7.29. The van der Waals surface area contributed by atoms with Crippen molar-refractivity contribution in [1.82, 2.24) is 5.32 Å². The Labute approximate surface area is 115 Å². The second-order valence-corrected chi connectivity index (χ2v) is 6.43. The van der Waals surface area contributed by atoms with Crippen molar-refractivity contribution in [3.05, 3.63) is 35.9 Å². The first kappa shape index (κ1) is 12.7. The molecule has 1 saturated carbocycles. The van der Waals surface area contributed by atoms with E-state index in [2.05, 4.69) is 36.5 Å². The molecule has 2 heteroatoms. The summed E-state index contributed by atoms with van der Waals surface area (Å²) in [7, 11) is 0. The topological polar surface area (TPSA) is 29.1 Å². The Morgan fingerprint density at radius 1 is 1.11 bits per heavy atom. The fourth-order valence-corrected chi connectivity index (χ4v) is 4.08. The third-order valence-corrected chi connectivity index (χ3v) is 5.18. The number of carbonyl (C=O) groups excluding carboxylic acids is 1. The van der Waals surface area contributed by atoms with Gasteiger partial charge in [-0.15, -0.1) is 0 Å². The lowest BCUT2D eigenvalue weighted by molar-refractivity contribution is -0.120. The van der Waals surface area contributed by atoms with E-state index < -0.39 is 0 Å². The van der Waals surface area contributed by atoms with E-state index in [0.717, 1.165) is 0 Å². The third-order valence-electron chi connectivity index (χ3n) is 5.18. The maximum atomic E-state index is 12.0. The van der Waals surface area contributed by atoms with Gasteiger partial charge in [-0.3, -0.25) is 4.79 Å². The fraction of sp³-hybridized carbons (Fsp3) is 0.588. The summed E-state index contributed by atoms with van der Waals surface area (Å²) >= 11 is 0. The van der Waals surface area contributed by atoms with E-state index in [1.165, 1.54) is 37.7 Å². The summed E-state index contributed by atoms with van der Waals surface area (Å²) in [4.78, 5) is 12.0. The minimum atomic E-state index is 0.0961. The Morgan fingerprint density at radius 2 is 1.79 bits per heavy atom. The van der Waals surface area contributed by atoms with Crippen LogP contribution in [0.5, 0.6) is 0 Å². The molecule has 102 valence electrons. The van der Waals surface area contributed by atoms with Gasteiger partial charge in [-0.05, 0) is 24.3 Å². The Hall–Kier alpha value is -1.31. The monoisotopic (exact) mass is 257 g/mol. The first-order valence-electron chi connectivity index (χ1n) is 7.54. The summed E-state index contributed by atoms with van der Waals surface area (Å²) < 4.78 is 0. The van der Waals surface area contributed by atoms with Crippen LogP contribution in [0.3, 0.4) is 0 Å². The molecule has 1 saturated heterocycles. The van der Waals surface area contributed by atoms with Crippen LogP contribution in [0.4, 0.5) is 0 Å². The second kappa shape index (κ2) is 4.99. The predicted molar refractivity (Wildman–Crippen MR) is 76.6 cm³/mol. The maximum absolute atomic E-state index is 12.0. The van der Waals surface area contributed by atoms with Gasteiger partial charge in [-0.25, -0.2) is 0 Å². The van der Waals surface area contributed by atoms with Crippen LogP contribution in [0.1, 0.15) is 57.1 Å². The van der Waals surface area contributed by atoms with Gasteiger partial charge in [0.2, 0.25) is 5.91 Å². The van der Waals surface area contributed by atoms with Gasteiger partial charge in [-0.1, -0.05) is 56.5 Å². The molecule has 1 N–H and O–H groups in total. The maximum Gasteiger partial charge on any atom is 0.221 e. The van der Waals surface area contributed by atoms with Gasteiger partial charge < -0.3 is 5.32 Å². The molecule has 1 aromatic carbocycles. The van der Waals surface area contributed by atoms with Gasteiger partial charge in [0.25, 0.3) is 0 Å². The van der Waals surface area contributed by atoms with E-state index in [0.29, 0.717) is 12.3 Å². The Kier molecular flexibility index (Phi) is 3.34. The van der Waals surface area contributed by atoms with Crippen LogP contribution >= 0.6 is 0 Å². The van der Waals surface area contributed by atoms with Crippen LogP contribution in [0.2, 0.25) is 0 Å². The molecule has 1 heterocycles. The van der Waals surface area contributed by atoms with Crippen LogP contribution in [0.15, 0.2) is 30.3 Å². The summed E-state index contributed by atoms with van der Waals surface area (Å²) in [5.41, 5.74) is 1.36. The van der Waals surface area contributed by atoms with Crippen LogP contribution in [-0.4, -0.2) is 5.91 Å². The van der Waals surface area contributed by atoms with Crippen LogP contribution in [0, 0.1) is 11.3 Å². The molecule has 19 heavy (non-hydrogen) atoms. The molecular formula is C17H23NO. The largest absolute Gasteiger partial charge is 0.349 e. The summed E-state index contributed by atoms with van der Waals surface area (Å²) in [6, 6.07) is 10.7. The molecule has 0 radical (unpaired) electrons. The summed E-state index contributed by atoms with van der Waals surface area (Å²) in [6.45, 7) is 2.32. The van der Waals surface area contributed by atoms with Crippen LogP contribution < -0.4 is 5.32 Å². The third kappa shape index (κ3) is 2.29. The number of carbonyl (C=O) groups is 1. The molecule has 0 bridgehead atoms. The molecule has 1 aliphatic carbocycles. The molecule has 2 nitrogen and oxygen atoms in total. The van der Waals surface area contributed by atoms with E-state index in [9.17, 15) is 4.79 Å². The van der Waals surface area contributed by atoms with Gasteiger partial charge in [0, 0.05) is 11.8 Å². The smallest absolute Gasteiger partial charge is 0.221 e. The number of benzene rings is 1. The van der Waals surface area contributed by atoms with Crippen molar-refractivity contribution in [1.29, 1.82) is 0 Å². The SMILES string of the molecule is CC1(C2CCCCC2)CC(=O)NC1c1ccccc1. The minimum Gasteiger partial charge on any atom is -0.349 e. The van der Waals surface area contributed by atoms with E-state index in [-0.39, 0.29) is 17.4 Å². The van der Waals surface area contributed by atoms with Crippen molar-refractivity contribution in [2.24, 2.45) is 11.3 Å². The minimum absolute atomic E-state index is 0.0961. The van der Waals surface area contributed by atoms with Crippen LogP contribution in [0.25, 0.3) is 0 Å². The fourth-order valence-electron chi connectivity index (χ4n) is 4.08. The zero-order valence-corrected chi connectivity index (χ0v) is 11.7. The zero-order valence-electron chi connectivity index (χ0n) is 11.7. The lowest BCUT2D eigenvalue weighted by atomic mass is 9.64. The van der Waals surface area contributed by atoms with E-state index >= 15 is 0 Å². The summed E-state index contributed by atoms with van der Waals surface area (Å²) in [5, 5.41) is 3.22. The van der Waals surface area contributed by atoms with Crippen molar-refractivity contribution < 1.29 is 4.79 Å². The molecule has 2 aliphatic rings. The molecular weight excluding hydrogens is 234 g/mol.